The molecule has 17 heavy (non-hydrogen) atoms. The van der Waals surface area contributed by atoms with Crippen LogP contribution in [-0.4, -0.2) is 30.4 Å². The van der Waals surface area contributed by atoms with E-state index in [0.717, 1.165) is 24.3 Å². The van der Waals surface area contributed by atoms with Crippen LogP contribution < -0.4 is 5.32 Å². The fourth-order valence-corrected chi connectivity index (χ4v) is 2.25. The lowest BCUT2D eigenvalue weighted by atomic mass is 10.2. The number of nitrogens with zero attached hydrogens (tertiary/aromatic N) is 1. The molecule has 0 heterocycles. The molecule has 0 fully saturated rings. The number of nitrogens with one attached hydrogen (secondary N) is 1. The van der Waals surface area contributed by atoms with Crippen LogP contribution in [0.4, 0.5) is 5.69 Å². The van der Waals surface area contributed by atoms with Crippen LogP contribution in [0.3, 0.4) is 0 Å². The number of hydrogen-bond donors (Lipinski definition) is 1. The van der Waals surface area contributed by atoms with Crippen LogP contribution in [0.5, 0.6) is 0 Å². The summed E-state index contributed by atoms with van der Waals surface area (Å²) in [6.45, 7) is 8.39. The number of hydrogen-bond acceptors (Lipinski definition) is 2. The van der Waals surface area contributed by atoms with Gasteiger partial charge in [-0.2, -0.15) is 0 Å². The monoisotopic (exact) mass is 346 g/mol. The maximum atomic E-state index is 11.8. The maximum absolute atomic E-state index is 11.8. The Balaban J connectivity index is 2.62. The molecule has 1 rings (SSSR count). The minimum Gasteiger partial charge on any atom is -0.325 e. The van der Waals surface area contributed by atoms with Gasteiger partial charge in [0, 0.05) is 9.26 Å². The van der Waals surface area contributed by atoms with E-state index in [2.05, 4.69) is 52.7 Å². The van der Waals surface area contributed by atoms with Crippen molar-refractivity contribution in [1.82, 2.24) is 4.90 Å². The minimum atomic E-state index is 0.0537. The Kier molecular flexibility index (Phi) is 5.91. The van der Waals surface area contributed by atoms with Crippen LogP contribution in [0.2, 0.25) is 0 Å². The van der Waals surface area contributed by atoms with Gasteiger partial charge < -0.3 is 5.32 Å². The first-order valence-electron chi connectivity index (χ1n) is 5.85. The zero-order chi connectivity index (χ0) is 12.8. The molecule has 0 aliphatic rings. The Morgan fingerprint density at radius 3 is 2.53 bits per heavy atom. The van der Waals surface area contributed by atoms with Gasteiger partial charge in [-0.1, -0.05) is 13.8 Å². The summed E-state index contributed by atoms with van der Waals surface area (Å²) in [5, 5.41) is 2.95. The quantitative estimate of drug-likeness (QED) is 0.832. The zero-order valence-electron chi connectivity index (χ0n) is 10.6. The van der Waals surface area contributed by atoms with Crippen LogP contribution in [0, 0.1) is 10.5 Å². The Bertz CT molecular complexity index is 389. The predicted molar refractivity (Wildman–Crippen MR) is 80.3 cm³/mol. The average Bonchev–Trinajstić information content (AvgIpc) is 2.29. The van der Waals surface area contributed by atoms with Crippen LogP contribution in [-0.2, 0) is 4.79 Å². The number of benzene rings is 1. The Labute approximate surface area is 117 Å². The summed E-state index contributed by atoms with van der Waals surface area (Å²) in [6, 6.07) is 6.02. The molecule has 0 aromatic heterocycles. The van der Waals surface area contributed by atoms with Crippen LogP contribution in [0.15, 0.2) is 18.2 Å². The number of likely N-dealkylation sites (N-methyl/N-ethyl adjacent to an activating group) is 1. The van der Waals surface area contributed by atoms with E-state index in [1.165, 1.54) is 3.57 Å². The molecule has 3 nitrogen and oxygen atoms in total. The second-order valence-electron chi connectivity index (χ2n) is 3.97. The highest BCUT2D eigenvalue weighted by atomic mass is 127. The zero-order valence-corrected chi connectivity index (χ0v) is 12.7. The first kappa shape index (κ1) is 14.4. The molecule has 0 aliphatic carbocycles. The molecule has 1 amide bonds. The third kappa shape index (κ3) is 4.63. The van der Waals surface area contributed by atoms with Crippen molar-refractivity contribution in [1.29, 1.82) is 0 Å². The number of amides is 1. The van der Waals surface area contributed by atoms with Gasteiger partial charge in [-0.25, -0.2) is 0 Å². The van der Waals surface area contributed by atoms with Gasteiger partial charge in [0.05, 0.1) is 6.54 Å². The average molecular weight is 346 g/mol. The summed E-state index contributed by atoms with van der Waals surface area (Å²) in [4.78, 5) is 13.9. The van der Waals surface area contributed by atoms with E-state index in [0.29, 0.717) is 6.54 Å². The normalized spacial score (nSPS) is 10.6. The third-order valence-electron chi connectivity index (χ3n) is 2.72. The van der Waals surface area contributed by atoms with Crippen molar-refractivity contribution < 1.29 is 4.79 Å². The molecule has 0 atom stereocenters. The van der Waals surface area contributed by atoms with Crippen LogP contribution in [0.25, 0.3) is 0 Å². The van der Waals surface area contributed by atoms with Crippen molar-refractivity contribution in [2.45, 2.75) is 20.8 Å². The number of rotatable bonds is 5. The van der Waals surface area contributed by atoms with Crippen molar-refractivity contribution >= 4 is 34.2 Å². The highest BCUT2D eigenvalue weighted by molar-refractivity contribution is 14.1. The SMILES string of the molecule is CCN(CC)CC(=O)Nc1ccc(I)cc1C. The van der Waals surface area contributed by atoms with Crippen LogP contribution in [0.1, 0.15) is 19.4 Å². The van der Waals surface area contributed by atoms with E-state index in [1.54, 1.807) is 0 Å². The summed E-state index contributed by atoms with van der Waals surface area (Å²) < 4.78 is 1.18. The topological polar surface area (TPSA) is 32.3 Å². The number of aryl methyl sites for hydroxylation is 1. The molecular weight excluding hydrogens is 327 g/mol. The van der Waals surface area contributed by atoms with Gasteiger partial charge >= 0.3 is 0 Å². The van der Waals surface area contributed by atoms with Crippen molar-refractivity contribution in [2.75, 3.05) is 25.0 Å². The smallest absolute Gasteiger partial charge is 0.238 e. The van der Waals surface area contributed by atoms with E-state index >= 15 is 0 Å². The van der Waals surface area contributed by atoms with E-state index in [-0.39, 0.29) is 5.91 Å². The Morgan fingerprint density at radius 2 is 2.00 bits per heavy atom. The summed E-state index contributed by atoms with van der Waals surface area (Å²) in [5.41, 5.74) is 2.01. The lowest BCUT2D eigenvalue weighted by Crippen LogP contribution is -2.33. The number of carbonyl (C=O) groups is 1. The van der Waals surface area contributed by atoms with Gasteiger partial charge in [-0.15, -0.1) is 0 Å². The molecular formula is C13H19IN2O. The fraction of sp³-hybridized carbons (Fsp3) is 0.462. The molecule has 0 radical (unpaired) electrons. The molecule has 0 saturated heterocycles. The second kappa shape index (κ2) is 6.96. The number of carbonyl (C=O) groups excluding carboxylic acids is 1. The van der Waals surface area contributed by atoms with Crippen molar-refractivity contribution in [2.24, 2.45) is 0 Å². The predicted octanol–water partition coefficient (Wildman–Crippen LogP) is 2.88. The van der Waals surface area contributed by atoms with Crippen LogP contribution >= 0.6 is 22.6 Å². The Hall–Kier alpha value is -0.620. The molecule has 1 aromatic carbocycles. The standard InChI is InChI=1S/C13H19IN2O/c1-4-16(5-2)9-13(17)15-12-7-6-11(14)8-10(12)3/h6-8H,4-5,9H2,1-3H3,(H,15,17). The van der Waals surface area contributed by atoms with E-state index in [1.807, 2.05) is 19.1 Å². The maximum Gasteiger partial charge on any atom is 0.238 e. The van der Waals surface area contributed by atoms with Gasteiger partial charge in [-0.05, 0) is 66.4 Å². The first-order chi connectivity index (χ1) is 8.06. The van der Waals surface area contributed by atoms with E-state index in [9.17, 15) is 4.79 Å². The molecule has 1 N–H and O–H groups in total. The minimum absolute atomic E-state index is 0.0537. The molecule has 0 unspecified atom stereocenters. The lowest BCUT2D eigenvalue weighted by molar-refractivity contribution is -0.117. The highest BCUT2D eigenvalue weighted by Crippen LogP contribution is 2.17. The molecule has 0 bridgehead atoms. The Morgan fingerprint density at radius 1 is 1.35 bits per heavy atom. The van der Waals surface area contributed by atoms with Gasteiger partial charge in [0.2, 0.25) is 5.91 Å². The van der Waals surface area contributed by atoms with E-state index < -0.39 is 0 Å². The first-order valence-corrected chi connectivity index (χ1v) is 6.93. The fourth-order valence-electron chi connectivity index (χ4n) is 1.61. The summed E-state index contributed by atoms with van der Waals surface area (Å²) in [6.07, 6.45) is 0. The van der Waals surface area contributed by atoms with Crippen molar-refractivity contribution in [3.8, 4) is 0 Å². The molecule has 0 spiro atoms. The lowest BCUT2D eigenvalue weighted by Gasteiger charge is -2.17. The number of halogens is 1. The number of anilines is 1. The molecule has 1 aromatic rings. The summed E-state index contributed by atoms with van der Waals surface area (Å²) in [7, 11) is 0. The molecule has 4 heteroatoms. The van der Waals surface area contributed by atoms with Crippen molar-refractivity contribution in [3.63, 3.8) is 0 Å². The molecule has 94 valence electrons. The van der Waals surface area contributed by atoms with Gasteiger partial charge in [0.15, 0.2) is 0 Å². The van der Waals surface area contributed by atoms with Gasteiger partial charge in [0.1, 0.15) is 0 Å². The van der Waals surface area contributed by atoms with E-state index in [4.69, 9.17) is 0 Å². The van der Waals surface area contributed by atoms with Gasteiger partial charge in [0.25, 0.3) is 0 Å². The largest absolute Gasteiger partial charge is 0.325 e. The second-order valence-corrected chi connectivity index (χ2v) is 5.21. The van der Waals surface area contributed by atoms with Crippen molar-refractivity contribution in [3.05, 3.63) is 27.3 Å². The molecule has 0 aliphatic heterocycles. The molecule has 0 saturated carbocycles. The summed E-state index contributed by atoms with van der Waals surface area (Å²) in [5.74, 6) is 0.0537. The summed E-state index contributed by atoms with van der Waals surface area (Å²) >= 11 is 2.27. The third-order valence-corrected chi connectivity index (χ3v) is 3.40. The van der Waals surface area contributed by atoms with Gasteiger partial charge in [-0.3, -0.25) is 9.69 Å². The highest BCUT2D eigenvalue weighted by Gasteiger charge is 2.08.